The molecule has 0 unspecified atom stereocenters. The SMILES string of the molecule is CN=C(NCCN(C(C)C)C(C)C)NCc1cccnc1OCC(F)(F)F.I. The van der Waals surface area contributed by atoms with E-state index in [1.54, 1.807) is 19.2 Å². The lowest BCUT2D eigenvalue weighted by Crippen LogP contribution is -2.45. The van der Waals surface area contributed by atoms with E-state index < -0.39 is 12.8 Å². The average molecular weight is 517 g/mol. The molecule has 0 bridgehead atoms. The first-order valence-electron chi connectivity index (χ1n) is 8.97. The molecule has 1 aromatic rings. The Hall–Kier alpha value is -1.30. The van der Waals surface area contributed by atoms with Crippen molar-refractivity contribution in [2.24, 2.45) is 4.99 Å². The molecule has 0 aliphatic carbocycles. The highest BCUT2D eigenvalue weighted by Gasteiger charge is 2.29. The van der Waals surface area contributed by atoms with E-state index in [1.165, 1.54) is 6.20 Å². The molecule has 1 rings (SSSR count). The number of ether oxygens (including phenoxy) is 1. The van der Waals surface area contributed by atoms with Crippen LogP contribution < -0.4 is 15.4 Å². The van der Waals surface area contributed by atoms with Crippen LogP contribution in [0.5, 0.6) is 5.88 Å². The Kier molecular flexibility index (Phi) is 12.4. The van der Waals surface area contributed by atoms with Gasteiger partial charge < -0.3 is 15.4 Å². The summed E-state index contributed by atoms with van der Waals surface area (Å²) < 4.78 is 41.9. The number of halogens is 4. The average Bonchev–Trinajstić information content (AvgIpc) is 2.58. The van der Waals surface area contributed by atoms with Gasteiger partial charge in [0.25, 0.3) is 0 Å². The topological polar surface area (TPSA) is 61.8 Å². The fraction of sp³-hybridized carbons (Fsp3) is 0.667. The molecule has 0 aliphatic heterocycles. The lowest BCUT2D eigenvalue weighted by Gasteiger charge is -2.30. The molecule has 0 amide bonds. The molecular formula is C18H31F3IN5O. The maximum Gasteiger partial charge on any atom is 0.422 e. The van der Waals surface area contributed by atoms with Crippen LogP contribution in [-0.2, 0) is 6.54 Å². The van der Waals surface area contributed by atoms with Gasteiger partial charge in [-0.15, -0.1) is 24.0 Å². The van der Waals surface area contributed by atoms with E-state index in [0.717, 1.165) is 6.54 Å². The Labute approximate surface area is 182 Å². The monoisotopic (exact) mass is 517 g/mol. The zero-order chi connectivity index (χ0) is 20.4. The van der Waals surface area contributed by atoms with E-state index in [4.69, 9.17) is 4.74 Å². The minimum Gasteiger partial charge on any atom is -0.468 e. The Morgan fingerprint density at radius 2 is 1.86 bits per heavy atom. The lowest BCUT2D eigenvalue weighted by molar-refractivity contribution is -0.154. The predicted octanol–water partition coefficient (Wildman–Crippen LogP) is 3.42. The molecule has 28 heavy (non-hydrogen) atoms. The standard InChI is InChI=1S/C18H30F3N5O.HI/c1-13(2)26(14(3)4)10-9-24-17(22-5)25-11-15-7-6-8-23-16(15)27-12-18(19,20)21;/h6-8,13-14H,9-12H2,1-5H3,(H2,22,24,25);1H. The Bertz CT molecular complexity index is 589. The summed E-state index contributed by atoms with van der Waals surface area (Å²) in [6, 6.07) is 4.19. The number of aromatic nitrogens is 1. The third kappa shape index (κ3) is 10.3. The van der Waals surface area contributed by atoms with Crippen LogP contribution in [0.2, 0.25) is 0 Å². The molecule has 0 aliphatic rings. The molecule has 0 saturated heterocycles. The molecule has 162 valence electrons. The molecule has 0 radical (unpaired) electrons. The summed E-state index contributed by atoms with van der Waals surface area (Å²) >= 11 is 0. The van der Waals surface area contributed by atoms with Gasteiger partial charge in [0.1, 0.15) is 0 Å². The van der Waals surface area contributed by atoms with Crippen molar-refractivity contribution in [3.8, 4) is 5.88 Å². The summed E-state index contributed by atoms with van der Waals surface area (Å²) in [5.41, 5.74) is 0.524. The van der Waals surface area contributed by atoms with Crippen molar-refractivity contribution in [2.45, 2.75) is 52.5 Å². The van der Waals surface area contributed by atoms with Gasteiger partial charge in [-0.1, -0.05) is 6.07 Å². The van der Waals surface area contributed by atoms with E-state index in [-0.39, 0.29) is 36.4 Å². The molecule has 6 nitrogen and oxygen atoms in total. The molecule has 2 N–H and O–H groups in total. The van der Waals surface area contributed by atoms with Gasteiger partial charge >= 0.3 is 6.18 Å². The van der Waals surface area contributed by atoms with Crippen LogP contribution in [-0.4, -0.2) is 60.8 Å². The minimum absolute atomic E-state index is 0. The van der Waals surface area contributed by atoms with Crippen LogP contribution in [0.4, 0.5) is 13.2 Å². The number of aliphatic imine (C=N–C) groups is 1. The number of nitrogens with one attached hydrogen (secondary N) is 2. The number of rotatable bonds is 9. The molecule has 0 aromatic carbocycles. The smallest absolute Gasteiger partial charge is 0.422 e. The highest BCUT2D eigenvalue weighted by Crippen LogP contribution is 2.19. The van der Waals surface area contributed by atoms with Crippen molar-refractivity contribution >= 4 is 29.9 Å². The summed E-state index contributed by atoms with van der Waals surface area (Å²) in [6.07, 6.45) is -3.01. The molecule has 10 heteroatoms. The van der Waals surface area contributed by atoms with Crippen molar-refractivity contribution < 1.29 is 17.9 Å². The first-order valence-corrected chi connectivity index (χ1v) is 8.97. The molecule has 0 spiro atoms. The van der Waals surface area contributed by atoms with Crippen LogP contribution in [0.15, 0.2) is 23.3 Å². The summed E-state index contributed by atoms with van der Waals surface area (Å²) in [5.74, 6) is 0.525. The number of hydrogen-bond donors (Lipinski definition) is 2. The zero-order valence-corrected chi connectivity index (χ0v) is 19.3. The van der Waals surface area contributed by atoms with Crippen molar-refractivity contribution in [2.75, 3.05) is 26.7 Å². The quantitative estimate of drug-likeness (QED) is 0.299. The molecule has 1 aromatic heterocycles. The second-order valence-electron chi connectivity index (χ2n) is 6.65. The van der Waals surface area contributed by atoms with Crippen molar-refractivity contribution in [1.29, 1.82) is 0 Å². The summed E-state index contributed by atoms with van der Waals surface area (Å²) in [7, 11) is 1.64. The first kappa shape index (κ1) is 26.7. The van der Waals surface area contributed by atoms with Crippen molar-refractivity contribution in [1.82, 2.24) is 20.5 Å². The molecular weight excluding hydrogens is 486 g/mol. The van der Waals surface area contributed by atoms with Crippen LogP contribution in [0.3, 0.4) is 0 Å². The maximum absolute atomic E-state index is 12.4. The number of pyridine rings is 1. The third-order valence-electron chi connectivity index (χ3n) is 3.88. The molecule has 0 atom stereocenters. The van der Waals surface area contributed by atoms with E-state index >= 15 is 0 Å². The van der Waals surface area contributed by atoms with Gasteiger partial charge in [-0.3, -0.25) is 9.89 Å². The van der Waals surface area contributed by atoms with Gasteiger partial charge in [0.2, 0.25) is 5.88 Å². The Balaban J connectivity index is 0.00000729. The number of guanidine groups is 1. The number of nitrogens with zero attached hydrogens (tertiary/aromatic N) is 3. The normalized spacial score (nSPS) is 12.3. The van der Waals surface area contributed by atoms with E-state index in [9.17, 15) is 13.2 Å². The van der Waals surface area contributed by atoms with Gasteiger partial charge in [-0.05, 0) is 33.8 Å². The minimum atomic E-state index is -4.40. The number of hydrogen-bond acceptors (Lipinski definition) is 4. The molecule has 0 saturated carbocycles. The lowest BCUT2D eigenvalue weighted by atomic mass is 10.2. The Morgan fingerprint density at radius 3 is 2.39 bits per heavy atom. The van der Waals surface area contributed by atoms with Crippen molar-refractivity contribution in [3.63, 3.8) is 0 Å². The van der Waals surface area contributed by atoms with Crippen LogP contribution >= 0.6 is 24.0 Å². The van der Waals surface area contributed by atoms with Gasteiger partial charge in [0, 0.05) is 50.5 Å². The van der Waals surface area contributed by atoms with E-state index in [0.29, 0.717) is 30.2 Å². The van der Waals surface area contributed by atoms with Gasteiger partial charge in [0.15, 0.2) is 12.6 Å². The zero-order valence-electron chi connectivity index (χ0n) is 17.0. The first-order chi connectivity index (χ1) is 12.6. The molecule has 1 heterocycles. The molecule has 0 fully saturated rings. The second-order valence-corrected chi connectivity index (χ2v) is 6.65. The van der Waals surface area contributed by atoms with Crippen LogP contribution in [0, 0.1) is 0 Å². The fourth-order valence-corrected chi connectivity index (χ4v) is 2.65. The highest BCUT2D eigenvalue weighted by molar-refractivity contribution is 14.0. The predicted molar refractivity (Wildman–Crippen MR) is 116 cm³/mol. The maximum atomic E-state index is 12.4. The van der Waals surface area contributed by atoms with E-state index in [2.05, 4.69) is 53.2 Å². The Morgan fingerprint density at radius 1 is 1.21 bits per heavy atom. The summed E-state index contributed by atoms with van der Waals surface area (Å²) in [4.78, 5) is 10.4. The van der Waals surface area contributed by atoms with Gasteiger partial charge in [-0.25, -0.2) is 4.98 Å². The van der Waals surface area contributed by atoms with E-state index in [1.807, 2.05) is 0 Å². The van der Waals surface area contributed by atoms with Crippen LogP contribution in [0.25, 0.3) is 0 Å². The second kappa shape index (κ2) is 13.0. The highest BCUT2D eigenvalue weighted by atomic mass is 127. The largest absolute Gasteiger partial charge is 0.468 e. The number of alkyl halides is 3. The van der Waals surface area contributed by atoms with Gasteiger partial charge in [0.05, 0.1) is 0 Å². The van der Waals surface area contributed by atoms with Crippen LogP contribution in [0.1, 0.15) is 33.3 Å². The summed E-state index contributed by atoms with van der Waals surface area (Å²) in [5, 5.41) is 6.29. The summed E-state index contributed by atoms with van der Waals surface area (Å²) in [6.45, 7) is 9.03. The van der Waals surface area contributed by atoms with Crippen molar-refractivity contribution in [3.05, 3.63) is 23.9 Å². The van der Waals surface area contributed by atoms with Gasteiger partial charge in [-0.2, -0.15) is 13.2 Å². The third-order valence-corrected chi connectivity index (χ3v) is 3.88. The fourth-order valence-electron chi connectivity index (χ4n) is 2.65.